The highest BCUT2D eigenvalue weighted by Crippen LogP contribution is 2.57. The minimum atomic E-state index is -0.175. The summed E-state index contributed by atoms with van der Waals surface area (Å²) in [6.45, 7) is 0. The Balaban J connectivity index is 1.36. The van der Waals surface area contributed by atoms with Crippen molar-refractivity contribution in [1.82, 2.24) is 15.6 Å². The van der Waals surface area contributed by atoms with Crippen molar-refractivity contribution in [3.8, 4) is 0 Å². The highest BCUT2D eigenvalue weighted by atomic mass is 16.2. The van der Waals surface area contributed by atoms with Gasteiger partial charge in [-0.2, -0.15) is 0 Å². The van der Waals surface area contributed by atoms with Crippen molar-refractivity contribution in [3.63, 3.8) is 0 Å². The summed E-state index contributed by atoms with van der Waals surface area (Å²) in [5, 5.41) is 6.80. The predicted molar refractivity (Wildman–Crippen MR) is 97.3 cm³/mol. The molecule has 2 amide bonds. The standard InChI is InChI=1S/C21H27N3O2/c25-18(16-4-3-5-16)23-20-9-14-8-15(10-20)12-21(11-14,13-20)24-19(26)17-6-1-2-7-22-17/h1-2,6-7,14-16H,3-5,8-13H2,(H,23,25)(H,24,26). The van der Waals surface area contributed by atoms with Gasteiger partial charge in [-0.1, -0.05) is 12.5 Å². The molecule has 0 aliphatic heterocycles. The van der Waals surface area contributed by atoms with Crippen molar-refractivity contribution in [3.05, 3.63) is 30.1 Å². The Kier molecular flexibility index (Phi) is 3.63. The molecule has 0 saturated heterocycles. The zero-order chi connectivity index (χ0) is 17.8. The molecule has 5 aliphatic rings. The van der Waals surface area contributed by atoms with Crippen LogP contribution in [0, 0.1) is 17.8 Å². The van der Waals surface area contributed by atoms with Crippen molar-refractivity contribution >= 4 is 11.8 Å². The van der Waals surface area contributed by atoms with Gasteiger partial charge in [0.2, 0.25) is 5.91 Å². The average molecular weight is 353 g/mol. The molecule has 2 atom stereocenters. The van der Waals surface area contributed by atoms with E-state index in [0.717, 1.165) is 44.9 Å². The molecule has 5 heteroatoms. The lowest BCUT2D eigenvalue weighted by Gasteiger charge is -2.62. The number of hydrogen-bond acceptors (Lipinski definition) is 3. The molecule has 6 rings (SSSR count). The Labute approximate surface area is 154 Å². The van der Waals surface area contributed by atoms with Crippen molar-refractivity contribution in [2.24, 2.45) is 17.8 Å². The quantitative estimate of drug-likeness (QED) is 0.874. The summed E-state index contributed by atoms with van der Waals surface area (Å²) in [5.74, 6) is 1.63. The summed E-state index contributed by atoms with van der Waals surface area (Å²) in [6, 6.07) is 5.44. The van der Waals surface area contributed by atoms with E-state index >= 15 is 0 Å². The molecule has 1 aromatic rings. The normalized spacial score (nSPS) is 37.8. The Bertz CT molecular complexity index is 714. The van der Waals surface area contributed by atoms with Gasteiger partial charge >= 0.3 is 0 Å². The van der Waals surface area contributed by atoms with Crippen LogP contribution in [0.3, 0.4) is 0 Å². The number of rotatable bonds is 4. The summed E-state index contributed by atoms with van der Waals surface area (Å²) in [5.41, 5.74) is 0.204. The summed E-state index contributed by atoms with van der Waals surface area (Å²) in [4.78, 5) is 29.6. The van der Waals surface area contributed by atoms with Gasteiger partial charge in [-0.15, -0.1) is 0 Å². The smallest absolute Gasteiger partial charge is 0.270 e. The molecule has 2 N–H and O–H groups in total. The topological polar surface area (TPSA) is 71.1 Å². The van der Waals surface area contributed by atoms with Gasteiger partial charge in [-0.05, 0) is 75.3 Å². The molecule has 1 aromatic heterocycles. The molecule has 0 aromatic carbocycles. The third-order valence-electron chi connectivity index (χ3n) is 7.20. The first-order valence-corrected chi connectivity index (χ1v) is 10.1. The molecule has 5 nitrogen and oxygen atoms in total. The summed E-state index contributed by atoms with van der Waals surface area (Å²) >= 11 is 0. The van der Waals surface area contributed by atoms with Gasteiger partial charge in [0.15, 0.2) is 0 Å². The molecular weight excluding hydrogens is 326 g/mol. The maximum Gasteiger partial charge on any atom is 0.270 e. The number of pyridine rings is 1. The van der Waals surface area contributed by atoms with Crippen LogP contribution in [-0.2, 0) is 4.79 Å². The lowest BCUT2D eigenvalue weighted by molar-refractivity contribution is -0.134. The molecule has 5 saturated carbocycles. The average Bonchev–Trinajstić information content (AvgIpc) is 2.51. The summed E-state index contributed by atoms with van der Waals surface area (Å²) < 4.78 is 0. The highest BCUT2D eigenvalue weighted by molar-refractivity contribution is 5.92. The van der Waals surface area contributed by atoms with Crippen LogP contribution >= 0.6 is 0 Å². The van der Waals surface area contributed by atoms with Crippen LogP contribution in [0.5, 0.6) is 0 Å². The van der Waals surface area contributed by atoms with Crippen LogP contribution in [0.1, 0.15) is 68.3 Å². The second-order valence-corrected chi connectivity index (χ2v) is 9.31. The fraction of sp³-hybridized carbons (Fsp3) is 0.667. The molecule has 0 spiro atoms. The minimum absolute atomic E-state index is 0.0759. The second kappa shape index (κ2) is 5.80. The summed E-state index contributed by atoms with van der Waals surface area (Å²) in [6.07, 6.45) is 11.3. The van der Waals surface area contributed by atoms with Gasteiger partial charge in [-0.3, -0.25) is 14.6 Å². The zero-order valence-electron chi connectivity index (χ0n) is 15.2. The van der Waals surface area contributed by atoms with Crippen LogP contribution < -0.4 is 10.6 Å². The first-order valence-electron chi connectivity index (χ1n) is 10.1. The van der Waals surface area contributed by atoms with E-state index in [2.05, 4.69) is 15.6 Å². The van der Waals surface area contributed by atoms with Crippen molar-refractivity contribution < 1.29 is 9.59 Å². The number of aromatic nitrogens is 1. The number of carbonyl (C=O) groups is 2. The van der Waals surface area contributed by atoms with Gasteiger partial charge in [0.1, 0.15) is 5.69 Å². The van der Waals surface area contributed by atoms with Crippen LogP contribution in [0.2, 0.25) is 0 Å². The maximum atomic E-state index is 12.8. The number of hydrogen-bond donors (Lipinski definition) is 2. The zero-order valence-corrected chi connectivity index (χ0v) is 15.2. The van der Waals surface area contributed by atoms with Gasteiger partial charge in [0, 0.05) is 23.2 Å². The maximum absolute atomic E-state index is 12.8. The number of carbonyl (C=O) groups excluding carboxylic acids is 2. The first-order chi connectivity index (χ1) is 12.5. The van der Waals surface area contributed by atoms with Crippen molar-refractivity contribution in [2.75, 3.05) is 0 Å². The van der Waals surface area contributed by atoms with E-state index < -0.39 is 0 Å². The monoisotopic (exact) mass is 353 g/mol. The lowest BCUT2D eigenvalue weighted by atomic mass is 9.49. The Morgan fingerprint density at radius 2 is 1.69 bits per heavy atom. The second-order valence-electron chi connectivity index (χ2n) is 9.31. The van der Waals surface area contributed by atoms with E-state index in [4.69, 9.17) is 0 Å². The van der Waals surface area contributed by atoms with Gasteiger partial charge in [0.25, 0.3) is 5.91 Å². The van der Waals surface area contributed by atoms with E-state index in [-0.39, 0.29) is 28.8 Å². The Hall–Kier alpha value is -1.91. The first kappa shape index (κ1) is 16.3. The summed E-state index contributed by atoms with van der Waals surface area (Å²) in [7, 11) is 0. The fourth-order valence-corrected chi connectivity index (χ4v) is 6.39. The van der Waals surface area contributed by atoms with Gasteiger partial charge in [-0.25, -0.2) is 0 Å². The van der Waals surface area contributed by atoms with Crippen LogP contribution in [0.4, 0.5) is 0 Å². The Morgan fingerprint density at radius 3 is 2.27 bits per heavy atom. The van der Waals surface area contributed by atoms with Crippen LogP contribution in [0.15, 0.2) is 24.4 Å². The fourth-order valence-electron chi connectivity index (χ4n) is 6.39. The predicted octanol–water partition coefficient (Wildman–Crippen LogP) is 2.82. The molecule has 0 radical (unpaired) electrons. The van der Waals surface area contributed by atoms with Gasteiger partial charge in [0.05, 0.1) is 0 Å². The third kappa shape index (κ3) is 2.72. The Morgan fingerprint density at radius 1 is 1.00 bits per heavy atom. The number of amides is 2. The van der Waals surface area contributed by atoms with Gasteiger partial charge < -0.3 is 10.6 Å². The molecule has 5 fully saturated rings. The van der Waals surface area contributed by atoms with E-state index in [1.807, 2.05) is 12.1 Å². The number of nitrogens with zero attached hydrogens (tertiary/aromatic N) is 1. The van der Waals surface area contributed by atoms with E-state index in [0.29, 0.717) is 17.5 Å². The van der Waals surface area contributed by atoms with Crippen molar-refractivity contribution in [2.45, 2.75) is 68.9 Å². The van der Waals surface area contributed by atoms with Crippen LogP contribution in [0.25, 0.3) is 0 Å². The van der Waals surface area contributed by atoms with E-state index in [9.17, 15) is 9.59 Å². The van der Waals surface area contributed by atoms with Crippen molar-refractivity contribution in [1.29, 1.82) is 0 Å². The molecule has 1 heterocycles. The third-order valence-corrected chi connectivity index (χ3v) is 7.20. The highest BCUT2D eigenvalue weighted by Gasteiger charge is 2.59. The molecule has 26 heavy (non-hydrogen) atoms. The van der Waals surface area contributed by atoms with E-state index in [1.165, 1.54) is 12.8 Å². The molecule has 138 valence electrons. The SMILES string of the molecule is O=C(NC12CC3CC(C1)CC(NC(=O)C1CCC1)(C3)C2)c1ccccn1. The van der Waals surface area contributed by atoms with Crippen LogP contribution in [-0.4, -0.2) is 27.9 Å². The largest absolute Gasteiger partial charge is 0.350 e. The van der Waals surface area contributed by atoms with E-state index in [1.54, 1.807) is 12.3 Å². The molecular formula is C21H27N3O2. The number of nitrogens with one attached hydrogen (secondary N) is 2. The minimum Gasteiger partial charge on any atom is -0.350 e. The molecule has 4 bridgehead atoms. The lowest BCUT2D eigenvalue weighted by Crippen LogP contribution is -2.70. The molecule has 5 aliphatic carbocycles. The molecule has 2 unspecified atom stereocenters.